The molecular formula is C17H16F2N4OS. The number of halogens is 2. The summed E-state index contributed by atoms with van der Waals surface area (Å²) >= 11 is 1.63. The number of hydrogen-bond donors (Lipinski definition) is 1. The fourth-order valence-electron chi connectivity index (χ4n) is 2.40. The van der Waals surface area contributed by atoms with Crippen molar-refractivity contribution >= 4 is 17.2 Å². The van der Waals surface area contributed by atoms with E-state index in [1.54, 1.807) is 11.3 Å². The fourth-order valence-corrected chi connectivity index (χ4v) is 3.24. The second kappa shape index (κ2) is 7.52. The van der Waals surface area contributed by atoms with Crippen LogP contribution in [-0.4, -0.2) is 26.9 Å². The molecule has 5 nitrogen and oxygen atoms in total. The first-order valence-corrected chi connectivity index (χ1v) is 8.57. The Hall–Kier alpha value is -2.61. The highest BCUT2D eigenvalue weighted by Crippen LogP contribution is 2.14. The Morgan fingerprint density at radius 2 is 2.04 bits per heavy atom. The molecule has 1 aromatic carbocycles. The molecular weight excluding hydrogens is 346 g/mol. The first-order valence-electron chi connectivity index (χ1n) is 7.69. The van der Waals surface area contributed by atoms with Gasteiger partial charge >= 0.3 is 0 Å². The highest BCUT2D eigenvalue weighted by Gasteiger charge is 2.16. The SMILES string of the molecule is CC(Cc1cccs1)NC(=O)c1cn(Cc2c(F)cccc2F)nn1. The molecule has 1 atom stereocenters. The topological polar surface area (TPSA) is 59.8 Å². The normalized spacial score (nSPS) is 12.1. The Kier molecular flexibility index (Phi) is 5.18. The van der Waals surface area contributed by atoms with Gasteiger partial charge in [-0.1, -0.05) is 17.3 Å². The minimum absolute atomic E-state index is 0.0692. The van der Waals surface area contributed by atoms with Gasteiger partial charge < -0.3 is 5.32 Å². The van der Waals surface area contributed by atoms with Crippen LogP contribution >= 0.6 is 11.3 Å². The van der Waals surface area contributed by atoms with Gasteiger partial charge in [0, 0.05) is 22.9 Å². The van der Waals surface area contributed by atoms with Crippen LogP contribution in [0.25, 0.3) is 0 Å². The van der Waals surface area contributed by atoms with Crippen molar-refractivity contribution in [3.63, 3.8) is 0 Å². The molecule has 0 radical (unpaired) electrons. The summed E-state index contributed by atoms with van der Waals surface area (Å²) in [6, 6.07) is 7.54. The number of nitrogens with zero attached hydrogens (tertiary/aromatic N) is 3. The van der Waals surface area contributed by atoms with Crippen molar-refractivity contribution in [2.45, 2.75) is 25.9 Å². The molecule has 0 bridgehead atoms. The summed E-state index contributed by atoms with van der Waals surface area (Å²) in [5.41, 5.74) is -0.0137. The molecule has 0 fully saturated rings. The van der Waals surface area contributed by atoms with Crippen molar-refractivity contribution in [1.82, 2.24) is 20.3 Å². The lowest BCUT2D eigenvalue weighted by Gasteiger charge is -2.11. The monoisotopic (exact) mass is 362 g/mol. The van der Waals surface area contributed by atoms with Gasteiger partial charge in [-0.2, -0.15) is 0 Å². The summed E-state index contributed by atoms with van der Waals surface area (Å²) in [7, 11) is 0. The number of thiophene rings is 1. The zero-order valence-corrected chi connectivity index (χ0v) is 14.3. The maximum Gasteiger partial charge on any atom is 0.273 e. The molecule has 0 aliphatic carbocycles. The summed E-state index contributed by atoms with van der Waals surface area (Å²) in [4.78, 5) is 13.4. The first kappa shape index (κ1) is 17.2. The summed E-state index contributed by atoms with van der Waals surface area (Å²) in [5.74, 6) is -1.69. The fraction of sp³-hybridized carbons (Fsp3) is 0.235. The molecule has 0 spiro atoms. The molecule has 25 heavy (non-hydrogen) atoms. The molecule has 8 heteroatoms. The van der Waals surface area contributed by atoms with Crippen LogP contribution in [0.1, 0.15) is 27.9 Å². The maximum atomic E-state index is 13.7. The van der Waals surface area contributed by atoms with Gasteiger partial charge in [0.15, 0.2) is 5.69 Å². The molecule has 0 saturated heterocycles. The van der Waals surface area contributed by atoms with E-state index < -0.39 is 11.6 Å². The second-order valence-electron chi connectivity index (χ2n) is 5.66. The summed E-state index contributed by atoms with van der Waals surface area (Å²) in [6.07, 6.45) is 2.09. The van der Waals surface area contributed by atoms with E-state index in [0.717, 1.165) is 6.42 Å². The van der Waals surface area contributed by atoms with E-state index in [1.165, 1.54) is 34.0 Å². The number of carbonyl (C=O) groups excluding carboxylic acids is 1. The van der Waals surface area contributed by atoms with Crippen LogP contribution in [0.5, 0.6) is 0 Å². The number of rotatable bonds is 6. The number of carbonyl (C=O) groups is 1. The molecule has 0 aliphatic rings. The predicted molar refractivity (Wildman–Crippen MR) is 90.4 cm³/mol. The third kappa shape index (κ3) is 4.27. The smallest absolute Gasteiger partial charge is 0.273 e. The quantitative estimate of drug-likeness (QED) is 0.733. The predicted octanol–water partition coefficient (Wildman–Crippen LogP) is 3.03. The van der Waals surface area contributed by atoms with Crippen LogP contribution in [-0.2, 0) is 13.0 Å². The molecule has 3 aromatic rings. The Morgan fingerprint density at radius 1 is 1.28 bits per heavy atom. The molecule has 1 amide bonds. The molecule has 130 valence electrons. The Balaban J connectivity index is 1.63. The van der Waals surface area contributed by atoms with E-state index in [4.69, 9.17) is 0 Å². The van der Waals surface area contributed by atoms with Crippen LogP contribution < -0.4 is 5.32 Å². The van der Waals surface area contributed by atoms with Crippen LogP contribution in [0.15, 0.2) is 41.9 Å². The molecule has 1 N–H and O–H groups in total. The summed E-state index contributed by atoms with van der Waals surface area (Å²) < 4.78 is 28.6. The second-order valence-corrected chi connectivity index (χ2v) is 6.69. The Bertz CT molecular complexity index is 843. The Labute approximate surface area is 147 Å². The number of amides is 1. The highest BCUT2D eigenvalue weighted by atomic mass is 32.1. The summed E-state index contributed by atoms with van der Waals surface area (Å²) in [6.45, 7) is 1.76. The van der Waals surface area contributed by atoms with Gasteiger partial charge in [0.2, 0.25) is 0 Å². The van der Waals surface area contributed by atoms with E-state index >= 15 is 0 Å². The number of hydrogen-bond acceptors (Lipinski definition) is 4. The van der Waals surface area contributed by atoms with Gasteiger partial charge in [0.1, 0.15) is 11.6 Å². The zero-order chi connectivity index (χ0) is 17.8. The number of nitrogens with one attached hydrogen (secondary N) is 1. The van der Waals surface area contributed by atoms with Crippen LogP contribution in [0.2, 0.25) is 0 Å². The molecule has 1 unspecified atom stereocenters. The molecule has 0 saturated carbocycles. The van der Waals surface area contributed by atoms with Gasteiger partial charge in [-0.3, -0.25) is 4.79 Å². The van der Waals surface area contributed by atoms with Crippen LogP contribution in [0, 0.1) is 11.6 Å². The van der Waals surface area contributed by atoms with Gasteiger partial charge in [-0.15, -0.1) is 16.4 Å². The molecule has 2 heterocycles. The van der Waals surface area contributed by atoms with Gasteiger partial charge in [-0.05, 0) is 30.5 Å². The molecule has 3 rings (SSSR count). The van der Waals surface area contributed by atoms with Crippen molar-refractivity contribution in [3.8, 4) is 0 Å². The van der Waals surface area contributed by atoms with Gasteiger partial charge in [-0.25, -0.2) is 13.5 Å². The molecule has 0 aliphatic heterocycles. The van der Waals surface area contributed by atoms with Crippen LogP contribution in [0.3, 0.4) is 0 Å². The standard InChI is InChI=1S/C17H16F2N4OS/c1-11(8-12-4-3-7-25-12)20-17(24)16-10-23(22-21-16)9-13-14(18)5-2-6-15(13)19/h2-7,10-11H,8-9H2,1H3,(H,20,24). The van der Waals surface area contributed by atoms with E-state index in [0.29, 0.717) is 0 Å². The third-order valence-corrected chi connectivity index (χ3v) is 4.52. The lowest BCUT2D eigenvalue weighted by atomic mass is 10.2. The van der Waals surface area contributed by atoms with Crippen molar-refractivity contribution in [2.24, 2.45) is 0 Å². The van der Waals surface area contributed by atoms with E-state index in [1.807, 2.05) is 24.4 Å². The van der Waals surface area contributed by atoms with Crippen molar-refractivity contribution in [2.75, 3.05) is 0 Å². The first-order chi connectivity index (χ1) is 12.0. The van der Waals surface area contributed by atoms with Crippen molar-refractivity contribution in [3.05, 3.63) is 69.7 Å². The average molecular weight is 362 g/mol. The van der Waals surface area contributed by atoms with Crippen molar-refractivity contribution < 1.29 is 13.6 Å². The van der Waals surface area contributed by atoms with E-state index in [-0.39, 0.29) is 29.8 Å². The minimum Gasteiger partial charge on any atom is -0.348 e. The zero-order valence-electron chi connectivity index (χ0n) is 13.4. The Morgan fingerprint density at radius 3 is 2.72 bits per heavy atom. The number of benzene rings is 1. The van der Waals surface area contributed by atoms with Crippen LogP contribution in [0.4, 0.5) is 8.78 Å². The largest absolute Gasteiger partial charge is 0.348 e. The maximum absolute atomic E-state index is 13.7. The van der Waals surface area contributed by atoms with Crippen molar-refractivity contribution in [1.29, 1.82) is 0 Å². The molecule has 2 aromatic heterocycles. The lowest BCUT2D eigenvalue weighted by molar-refractivity contribution is 0.0935. The number of aromatic nitrogens is 3. The van der Waals surface area contributed by atoms with Gasteiger partial charge in [0.25, 0.3) is 5.91 Å². The highest BCUT2D eigenvalue weighted by molar-refractivity contribution is 7.09. The lowest BCUT2D eigenvalue weighted by Crippen LogP contribution is -2.34. The average Bonchev–Trinajstić information content (AvgIpc) is 3.22. The van der Waals surface area contributed by atoms with E-state index in [9.17, 15) is 13.6 Å². The minimum atomic E-state index is -0.661. The third-order valence-electron chi connectivity index (χ3n) is 3.62. The summed E-state index contributed by atoms with van der Waals surface area (Å²) in [5, 5.41) is 12.4. The van der Waals surface area contributed by atoms with Gasteiger partial charge in [0.05, 0.1) is 12.7 Å². The van der Waals surface area contributed by atoms with E-state index in [2.05, 4.69) is 15.6 Å².